The van der Waals surface area contributed by atoms with Gasteiger partial charge in [-0.1, -0.05) is 0 Å². The minimum Gasteiger partial charge on any atom is -0.391 e. The standard InChI is InChI=1S/C8H15NO4/c1-4-8(9-5(2)10)6(11)3-7(12)13-4/h4,6-8,11-12H,3H2,1-2H3,(H,9,10)/t4-,6-,7?,8+/m0/s1. The van der Waals surface area contributed by atoms with Crippen molar-refractivity contribution < 1.29 is 19.7 Å². The second-order valence-electron chi connectivity index (χ2n) is 3.33. The van der Waals surface area contributed by atoms with E-state index in [1.807, 2.05) is 0 Å². The normalized spacial score (nSPS) is 40.0. The van der Waals surface area contributed by atoms with Gasteiger partial charge in [0, 0.05) is 13.3 Å². The maximum absolute atomic E-state index is 10.7. The van der Waals surface area contributed by atoms with Crippen molar-refractivity contribution in [1.82, 2.24) is 5.32 Å². The lowest BCUT2D eigenvalue weighted by molar-refractivity contribution is -0.197. The molecule has 3 N–H and O–H groups in total. The summed E-state index contributed by atoms with van der Waals surface area (Å²) in [4.78, 5) is 10.7. The second-order valence-corrected chi connectivity index (χ2v) is 3.33. The minimum atomic E-state index is -0.935. The predicted octanol–water partition coefficient (Wildman–Crippen LogP) is -1.02. The highest BCUT2D eigenvalue weighted by atomic mass is 16.6. The summed E-state index contributed by atoms with van der Waals surface area (Å²) in [5.74, 6) is -0.212. The zero-order valence-corrected chi connectivity index (χ0v) is 7.73. The third-order valence-electron chi connectivity index (χ3n) is 2.11. The van der Waals surface area contributed by atoms with Gasteiger partial charge in [0.1, 0.15) is 0 Å². The van der Waals surface area contributed by atoms with Crippen molar-refractivity contribution in [2.45, 2.75) is 44.8 Å². The van der Waals surface area contributed by atoms with Gasteiger partial charge in [0.25, 0.3) is 0 Å². The summed E-state index contributed by atoms with van der Waals surface area (Å²) in [6, 6.07) is -0.430. The summed E-state index contributed by atoms with van der Waals surface area (Å²) < 4.78 is 5.05. The molecule has 0 aromatic heterocycles. The Balaban J connectivity index is 2.56. The molecule has 1 rings (SSSR count). The number of carbonyl (C=O) groups excluding carboxylic acids is 1. The summed E-state index contributed by atoms with van der Waals surface area (Å²) in [6.07, 6.45) is -1.92. The summed E-state index contributed by atoms with van der Waals surface area (Å²) in [5.41, 5.74) is 0. The number of hydrogen-bond donors (Lipinski definition) is 3. The zero-order chi connectivity index (χ0) is 10.0. The molecule has 1 fully saturated rings. The minimum absolute atomic E-state index is 0.134. The molecule has 0 aromatic rings. The molecule has 1 heterocycles. The number of amides is 1. The van der Waals surface area contributed by atoms with Gasteiger partial charge in [-0.05, 0) is 6.92 Å². The second kappa shape index (κ2) is 4.04. The van der Waals surface area contributed by atoms with Crippen molar-refractivity contribution in [3.63, 3.8) is 0 Å². The van der Waals surface area contributed by atoms with Gasteiger partial charge in [-0.3, -0.25) is 4.79 Å². The Kier molecular flexibility index (Phi) is 3.24. The topological polar surface area (TPSA) is 78.8 Å². The van der Waals surface area contributed by atoms with Crippen molar-refractivity contribution in [1.29, 1.82) is 0 Å². The molecule has 13 heavy (non-hydrogen) atoms. The van der Waals surface area contributed by atoms with Crippen LogP contribution in [0.5, 0.6) is 0 Å². The van der Waals surface area contributed by atoms with Crippen LogP contribution in [0.2, 0.25) is 0 Å². The van der Waals surface area contributed by atoms with E-state index in [4.69, 9.17) is 9.84 Å². The number of nitrogens with one attached hydrogen (secondary N) is 1. The molecule has 0 aliphatic carbocycles. The largest absolute Gasteiger partial charge is 0.391 e. The van der Waals surface area contributed by atoms with E-state index in [1.54, 1.807) is 6.92 Å². The fraction of sp³-hybridized carbons (Fsp3) is 0.875. The van der Waals surface area contributed by atoms with Crippen molar-refractivity contribution in [2.75, 3.05) is 0 Å². The first-order chi connectivity index (χ1) is 6.00. The van der Waals surface area contributed by atoms with E-state index in [1.165, 1.54) is 6.92 Å². The molecule has 0 saturated carbocycles. The van der Waals surface area contributed by atoms with Gasteiger partial charge in [0.05, 0.1) is 18.2 Å². The average Bonchev–Trinajstić information content (AvgIpc) is 1.96. The van der Waals surface area contributed by atoms with Gasteiger partial charge < -0.3 is 20.3 Å². The summed E-state index contributed by atoms with van der Waals surface area (Å²) in [7, 11) is 0. The molecule has 0 bridgehead atoms. The third-order valence-corrected chi connectivity index (χ3v) is 2.11. The van der Waals surface area contributed by atoms with Crippen LogP contribution in [-0.4, -0.2) is 40.7 Å². The van der Waals surface area contributed by atoms with Crippen molar-refractivity contribution in [2.24, 2.45) is 0 Å². The predicted molar refractivity (Wildman–Crippen MR) is 44.8 cm³/mol. The van der Waals surface area contributed by atoms with Gasteiger partial charge in [-0.25, -0.2) is 0 Å². The van der Waals surface area contributed by atoms with E-state index in [2.05, 4.69) is 5.32 Å². The van der Waals surface area contributed by atoms with E-state index in [0.29, 0.717) is 0 Å². The summed E-state index contributed by atoms with van der Waals surface area (Å²) in [6.45, 7) is 3.08. The fourth-order valence-electron chi connectivity index (χ4n) is 1.50. The fourth-order valence-corrected chi connectivity index (χ4v) is 1.50. The van der Waals surface area contributed by atoms with Crippen LogP contribution in [0.4, 0.5) is 0 Å². The van der Waals surface area contributed by atoms with Crippen LogP contribution in [0, 0.1) is 0 Å². The Morgan fingerprint density at radius 1 is 1.54 bits per heavy atom. The van der Waals surface area contributed by atoms with Crippen LogP contribution in [0.1, 0.15) is 20.3 Å². The highest BCUT2D eigenvalue weighted by molar-refractivity contribution is 5.73. The Labute approximate surface area is 76.7 Å². The maximum Gasteiger partial charge on any atom is 0.217 e. The molecule has 1 saturated heterocycles. The van der Waals surface area contributed by atoms with E-state index in [-0.39, 0.29) is 18.4 Å². The van der Waals surface area contributed by atoms with Crippen LogP contribution in [0.3, 0.4) is 0 Å². The first-order valence-corrected chi connectivity index (χ1v) is 4.29. The van der Waals surface area contributed by atoms with Crippen molar-refractivity contribution in [3.8, 4) is 0 Å². The molecule has 1 aliphatic rings. The molecular formula is C8H15NO4. The van der Waals surface area contributed by atoms with Crippen molar-refractivity contribution in [3.05, 3.63) is 0 Å². The lowest BCUT2D eigenvalue weighted by Gasteiger charge is -2.36. The lowest BCUT2D eigenvalue weighted by atomic mass is 9.99. The number of aliphatic hydroxyl groups is 2. The molecule has 1 amide bonds. The van der Waals surface area contributed by atoms with Gasteiger partial charge in [0.2, 0.25) is 5.91 Å². The number of carbonyl (C=O) groups is 1. The van der Waals surface area contributed by atoms with Crippen LogP contribution in [0.25, 0.3) is 0 Å². The molecule has 5 nitrogen and oxygen atoms in total. The van der Waals surface area contributed by atoms with E-state index >= 15 is 0 Å². The van der Waals surface area contributed by atoms with Gasteiger partial charge in [-0.2, -0.15) is 0 Å². The number of ether oxygens (including phenoxy) is 1. The molecule has 0 aromatic carbocycles. The van der Waals surface area contributed by atoms with E-state index in [0.717, 1.165) is 0 Å². The van der Waals surface area contributed by atoms with Gasteiger partial charge in [-0.15, -0.1) is 0 Å². The van der Waals surface area contributed by atoms with Crippen LogP contribution in [-0.2, 0) is 9.53 Å². The third kappa shape index (κ3) is 2.65. The molecule has 0 radical (unpaired) electrons. The number of aliphatic hydroxyl groups excluding tert-OH is 2. The van der Waals surface area contributed by atoms with E-state index in [9.17, 15) is 9.90 Å². The first-order valence-electron chi connectivity index (χ1n) is 4.29. The molecule has 1 aliphatic heterocycles. The van der Waals surface area contributed by atoms with Gasteiger partial charge in [0.15, 0.2) is 6.29 Å². The first kappa shape index (κ1) is 10.4. The summed E-state index contributed by atoms with van der Waals surface area (Å²) >= 11 is 0. The van der Waals surface area contributed by atoms with Crippen LogP contribution in [0.15, 0.2) is 0 Å². The maximum atomic E-state index is 10.7. The number of rotatable bonds is 1. The Bertz CT molecular complexity index is 185. The Morgan fingerprint density at radius 3 is 2.62 bits per heavy atom. The molecule has 5 heteroatoms. The zero-order valence-electron chi connectivity index (χ0n) is 7.73. The Hall–Kier alpha value is -0.650. The highest BCUT2D eigenvalue weighted by Gasteiger charge is 2.34. The van der Waals surface area contributed by atoms with E-state index < -0.39 is 18.4 Å². The molecule has 76 valence electrons. The molecular weight excluding hydrogens is 174 g/mol. The number of hydrogen-bond acceptors (Lipinski definition) is 4. The van der Waals surface area contributed by atoms with Gasteiger partial charge >= 0.3 is 0 Å². The monoisotopic (exact) mass is 189 g/mol. The average molecular weight is 189 g/mol. The highest BCUT2D eigenvalue weighted by Crippen LogP contribution is 2.18. The molecule has 1 unspecified atom stereocenters. The van der Waals surface area contributed by atoms with Crippen molar-refractivity contribution >= 4 is 5.91 Å². The Morgan fingerprint density at radius 2 is 2.15 bits per heavy atom. The quantitative estimate of drug-likeness (QED) is 0.493. The molecule has 0 spiro atoms. The van der Waals surface area contributed by atoms with Crippen LogP contribution >= 0.6 is 0 Å². The molecule has 4 atom stereocenters. The smallest absolute Gasteiger partial charge is 0.217 e. The van der Waals surface area contributed by atoms with Crippen LogP contribution < -0.4 is 5.32 Å². The lowest BCUT2D eigenvalue weighted by Crippen LogP contribution is -2.55. The SMILES string of the molecule is CC(=O)N[C@@H]1[C@H](C)OC(O)C[C@@H]1O. The summed E-state index contributed by atoms with van der Waals surface area (Å²) in [5, 5.41) is 21.2.